The van der Waals surface area contributed by atoms with Crippen LogP contribution in [0.5, 0.6) is 5.75 Å². The number of hydrogen-bond acceptors (Lipinski definition) is 3. The monoisotopic (exact) mass is 323 g/mol. The van der Waals surface area contributed by atoms with Gasteiger partial charge in [0.15, 0.2) is 0 Å². The normalized spacial score (nSPS) is 17.8. The maximum absolute atomic E-state index is 13.4. The Morgan fingerprint density at radius 1 is 1.43 bits per heavy atom. The highest BCUT2D eigenvalue weighted by molar-refractivity contribution is 5.79. The van der Waals surface area contributed by atoms with Crippen LogP contribution < -0.4 is 4.74 Å². The fourth-order valence-electron chi connectivity index (χ4n) is 3.01. The number of aliphatic carboxylic acids is 1. The number of benzene rings is 1. The van der Waals surface area contributed by atoms with Crippen LogP contribution in [0.2, 0.25) is 0 Å². The van der Waals surface area contributed by atoms with E-state index in [4.69, 9.17) is 9.84 Å². The molecule has 1 aliphatic rings. The predicted molar refractivity (Wildman–Crippen MR) is 82.8 cm³/mol. The average molecular weight is 323 g/mol. The van der Waals surface area contributed by atoms with E-state index in [1.807, 2.05) is 0 Å². The van der Waals surface area contributed by atoms with E-state index in [1.54, 1.807) is 4.90 Å². The van der Waals surface area contributed by atoms with Gasteiger partial charge < -0.3 is 14.7 Å². The van der Waals surface area contributed by atoms with Crippen LogP contribution in [0.3, 0.4) is 0 Å². The van der Waals surface area contributed by atoms with Gasteiger partial charge in [0.2, 0.25) is 5.91 Å². The van der Waals surface area contributed by atoms with E-state index in [-0.39, 0.29) is 24.7 Å². The summed E-state index contributed by atoms with van der Waals surface area (Å²) in [5, 5.41) is 8.77. The second-order valence-corrected chi connectivity index (χ2v) is 5.91. The van der Waals surface area contributed by atoms with Gasteiger partial charge in [0, 0.05) is 25.1 Å². The van der Waals surface area contributed by atoms with Crippen molar-refractivity contribution in [2.24, 2.45) is 5.92 Å². The standard InChI is InChI=1S/C17H22FNO4/c1-23-15-6-5-14(18)9-13(15)10-16(20)19-8-2-3-12(11-19)4-7-17(21)22/h5-6,9,12H,2-4,7-8,10-11H2,1H3,(H,21,22). The molecule has 23 heavy (non-hydrogen) atoms. The van der Waals surface area contributed by atoms with E-state index < -0.39 is 11.8 Å². The highest BCUT2D eigenvalue weighted by Crippen LogP contribution is 2.24. The first-order valence-electron chi connectivity index (χ1n) is 7.81. The van der Waals surface area contributed by atoms with Gasteiger partial charge in [-0.3, -0.25) is 9.59 Å². The van der Waals surface area contributed by atoms with Gasteiger partial charge in [-0.05, 0) is 43.4 Å². The molecule has 1 atom stereocenters. The number of likely N-dealkylation sites (tertiary alicyclic amines) is 1. The van der Waals surface area contributed by atoms with Gasteiger partial charge >= 0.3 is 5.97 Å². The Morgan fingerprint density at radius 2 is 2.22 bits per heavy atom. The average Bonchev–Trinajstić information content (AvgIpc) is 2.53. The van der Waals surface area contributed by atoms with Gasteiger partial charge in [-0.1, -0.05) is 0 Å². The molecule has 0 bridgehead atoms. The Labute approximate surface area is 135 Å². The van der Waals surface area contributed by atoms with Crippen molar-refractivity contribution in [1.29, 1.82) is 0 Å². The second kappa shape index (κ2) is 7.94. The number of hydrogen-bond donors (Lipinski definition) is 1. The topological polar surface area (TPSA) is 66.8 Å². The van der Waals surface area contributed by atoms with Gasteiger partial charge in [-0.25, -0.2) is 4.39 Å². The van der Waals surface area contributed by atoms with Crippen LogP contribution in [0.25, 0.3) is 0 Å². The lowest BCUT2D eigenvalue weighted by molar-refractivity contribution is -0.137. The fraction of sp³-hybridized carbons (Fsp3) is 0.529. The minimum absolute atomic E-state index is 0.0751. The minimum Gasteiger partial charge on any atom is -0.496 e. The van der Waals surface area contributed by atoms with Crippen molar-refractivity contribution in [3.63, 3.8) is 0 Å². The number of halogens is 1. The zero-order valence-electron chi connectivity index (χ0n) is 13.3. The van der Waals surface area contributed by atoms with Crippen molar-refractivity contribution in [2.45, 2.75) is 32.1 Å². The molecule has 1 aromatic carbocycles. The molecule has 1 N–H and O–H groups in total. The second-order valence-electron chi connectivity index (χ2n) is 5.91. The third-order valence-corrected chi connectivity index (χ3v) is 4.22. The number of amides is 1. The van der Waals surface area contributed by atoms with E-state index in [0.29, 0.717) is 30.8 Å². The Hall–Kier alpha value is -2.11. The Kier molecular flexibility index (Phi) is 5.96. The first-order chi connectivity index (χ1) is 11.0. The van der Waals surface area contributed by atoms with Crippen LogP contribution in [0.15, 0.2) is 18.2 Å². The van der Waals surface area contributed by atoms with Crippen molar-refractivity contribution in [2.75, 3.05) is 20.2 Å². The molecular weight excluding hydrogens is 301 g/mol. The van der Waals surface area contributed by atoms with Crippen LogP contribution >= 0.6 is 0 Å². The number of carbonyl (C=O) groups excluding carboxylic acids is 1. The van der Waals surface area contributed by atoms with Crippen molar-refractivity contribution >= 4 is 11.9 Å². The molecule has 126 valence electrons. The summed E-state index contributed by atoms with van der Waals surface area (Å²) >= 11 is 0. The molecule has 1 aromatic rings. The van der Waals surface area contributed by atoms with Crippen LogP contribution in [0.4, 0.5) is 4.39 Å². The van der Waals surface area contributed by atoms with Crippen molar-refractivity contribution in [3.05, 3.63) is 29.6 Å². The van der Waals surface area contributed by atoms with Crippen LogP contribution in [0.1, 0.15) is 31.2 Å². The SMILES string of the molecule is COc1ccc(F)cc1CC(=O)N1CCCC(CCC(=O)O)C1. The molecule has 5 nitrogen and oxygen atoms in total. The molecule has 6 heteroatoms. The zero-order chi connectivity index (χ0) is 16.8. The lowest BCUT2D eigenvalue weighted by Crippen LogP contribution is -2.40. The van der Waals surface area contributed by atoms with Crippen molar-refractivity contribution in [1.82, 2.24) is 4.90 Å². The summed E-state index contributed by atoms with van der Waals surface area (Å²) in [6, 6.07) is 4.14. The summed E-state index contributed by atoms with van der Waals surface area (Å²) in [5.41, 5.74) is 0.533. The number of nitrogens with zero attached hydrogens (tertiary/aromatic N) is 1. The molecule has 0 aromatic heterocycles. The van der Waals surface area contributed by atoms with Crippen LogP contribution in [-0.4, -0.2) is 42.1 Å². The fourth-order valence-corrected chi connectivity index (χ4v) is 3.01. The summed E-state index contributed by atoms with van der Waals surface area (Å²) in [5.74, 6) is -0.559. The molecule has 0 aliphatic carbocycles. The first kappa shape index (κ1) is 17.2. The number of carboxylic acids is 1. The maximum Gasteiger partial charge on any atom is 0.303 e. The lowest BCUT2D eigenvalue weighted by atomic mass is 9.93. The Morgan fingerprint density at radius 3 is 2.91 bits per heavy atom. The molecule has 2 rings (SSSR count). The molecule has 0 spiro atoms. The van der Waals surface area contributed by atoms with E-state index in [2.05, 4.69) is 0 Å². The summed E-state index contributed by atoms with van der Waals surface area (Å²) in [6.07, 6.45) is 2.62. The molecule has 1 heterocycles. The first-order valence-corrected chi connectivity index (χ1v) is 7.81. The summed E-state index contributed by atoms with van der Waals surface area (Å²) in [7, 11) is 1.49. The minimum atomic E-state index is -0.807. The van der Waals surface area contributed by atoms with Gasteiger partial charge in [-0.15, -0.1) is 0 Å². The number of carboxylic acid groups (broad SMARTS) is 1. The molecule has 1 amide bonds. The van der Waals surface area contributed by atoms with E-state index in [1.165, 1.54) is 25.3 Å². The third kappa shape index (κ3) is 4.94. The number of piperidine rings is 1. The van der Waals surface area contributed by atoms with Crippen molar-refractivity contribution < 1.29 is 23.8 Å². The predicted octanol–water partition coefficient (Wildman–Crippen LogP) is 2.48. The highest BCUT2D eigenvalue weighted by Gasteiger charge is 2.24. The summed E-state index contributed by atoms with van der Waals surface area (Å²) in [4.78, 5) is 24.9. The van der Waals surface area contributed by atoms with E-state index in [9.17, 15) is 14.0 Å². The van der Waals surface area contributed by atoms with Gasteiger partial charge in [0.1, 0.15) is 11.6 Å². The molecule has 1 fully saturated rings. The van der Waals surface area contributed by atoms with E-state index in [0.717, 1.165) is 12.8 Å². The smallest absolute Gasteiger partial charge is 0.303 e. The van der Waals surface area contributed by atoms with Gasteiger partial charge in [0.05, 0.1) is 13.5 Å². The quantitative estimate of drug-likeness (QED) is 0.873. The summed E-state index contributed by atoms with van der Waals surface area (Å²) in [6.45, 7) is 1.24. The highest BCUT2D eigenvalue weighted by atomic mass is 19.1. The Bertz CT molecular complexity index is 576. The van der Waals surface area contributed by atoms with Gasteiger partial charge in [-0.2, -0.15) is 0 Å². The zero-order valence-corrected chi connectivity index (χ0v) is 13.3. The van der Waals surface area contributed by atoms with E-state index >= 15 is 0 Å². The van der Waals surface area contributed by atoms with Gasteiger partial charge in [0.25, 0.3) is 0 Å². The largest absolute Gasteiger partial charge is 0.496 e. The van der Waals surface area contributed by atoms with Crippen molar-refractivity contribution in [3.8, 4) is 5.75 Å². The molecule has 0 radical (unpaired) electrons. The number of rotatable bonds is 6. The summed E-state index contributed by atoms with van der Waals surface area (Å²) < 4.78 is 18.6. The maximum atomic E-state index is 13.4. The Balaban J connectivity index is 1.97. The molecule has 0 saturated carbocycles. The third-order valence-electron chi connectivity index (χ3n) is 4.22. The lowest BCUT2D eigenvalue weighted by Gasteiger charge is -2.33. The molecule has 1 unspecified atom stereocenters. The number of methoxy groups -OCH3 is 1. The number of carbonyl (C=O) groups is 2. The number of ether oxygens (including phenoxy) is 1. The molecule has 1 aliphatic heterocycles. The van der Waals surface area contributed by atoms with Crippen LogP contribution in [-0.2, 0) is 16.0 Å². The van der Waals surface area contributed by atoms with Crippen LogP contribution in [0, 0.1) is 11.7 Å². The molecule has 1 saturated heterocycles. The molecular formula is C17H22FNO4.